The molecule has 0 fully saturated rings. The zero-order valence-electron chi connectivity index (χ0n) is 8.18. The topological polar surface area (TPSA) is 12.0 Å². The van der Waals surface area contributed by atoms with Crippen LogP contribution in [0.5, 0.6) is 0 Å². The number of rotatable bonds is 3. The Morgan fingerprint density at radius 3 is 2.54 bits per heavy atom. The molecule has 0 saturated carbocycles. The van der Waals surface area contributed by atoms with Gasteiger partial charge in [-0.2, -0.15) is 0 Å². The third-order valence-electron chi connectivity index (χ3n) is 1.39. The molecule has 0 amide bonds. The van der Waals surface area contributed by atoms with Gasteiger partial charge in [-0.3, -0.25) is 0 Å². The lowest BCUT2D eigenvalue weighted by Crippen LogP contribution is -2.05. The van der Waals surface area contributed by atoms with E-state index in [1.807, 2.05) is 19.9 Å². The van der Waals surface area contributed by atoms with Crippen molar-refractivity contribution < 1.29 is 4.39 Å². The summed E-state index contributed by atoms with van der Waals surface area (Å²) in [6, 6.07) is 6.67. The van der Waals surface area contributed by atoms with E-state index in [1.165, 1.54) is 6.07 Å². The van der Waals surface area contributed by atoms with Crippen molar-refractivity contribution in [3.8, 4) is 0 Å². The predicted molar refractivity (Wildman–Crippen MR) is 54.8 cm³/mol. The van der Waals surface area contributed by atoms with Crippen LogP contribution in [0.25, 0.3) is 0 Å². The third kappa shape index (κ3) is 4.31. The maximum atomic E-state index is 12.8. The Kier molecular flexibility index (Phi) is 6.60. The Bertz CT molecular complexity index is 246. The van der Waals surface area contributed by atoms with Crippen molar-refractivity contribution in [2.75, 3.05) is 0 Å². The van der Waals surface area contributed by atoms with Crippen LogP contribution in [-0.4, -0.2) is 0 Å². The monoisotopic (exact) mass is 181 g/mol. The van der Waals surface area contributed by atoms with Crippen molar-refractivity contribution in [2.45, 2.75) is 20.4 Å². The van der Waals surface area contributed by atoms with E-state index in [0.717, 1.165) is 0 Å². The minimum atomic E-state index is -0.179. The smallest absolute Gasteiger partial charge is 0.128 e. The van der Waals surface area contributed by atoms with E-state index in [1.54, 1.807) is 18.3 Å². The number of halogens is 1. The fourth-order valence-electron chi connectivity index (χ4n) is 0.824. The molecule has 1 N–H and O–H groups in total. The molecule has 0 aliphatic heterocycles. The van der Waals surface area contributed by atoms with Crippen LogP contribution in [0.2, 0.25) is 0 Å². The van der Waals surface area contributed by atoms with Gasteiger partial charge in [0.25, 0.3) is 0 Å². The molecule has 13 heavy (non-hydrogen) atoms. The summed E-state index contributed by atoms with van der Waals surface area (Å²) in [4.78, 5) is 0. The average Bonchev–Trinajstić information content (AvgIpc) is 2.20. The highest BCUT2D eigenvalue weighted by atomic mass is 19.1. The summed E-state index contributed by atoms with van der Waals surface area (Å²) in [7, 11) is 0. The van der Waals surface area contributed by atoms with Crippen LogP contribution < -0.4 is 5.32 Å². The molecule has 72 valence electrons. The van der Waals surface area contributed by atoms with Gasteiger partial charge in [-0.1, -0.05) is 38.6 Å². The summed E-state index contributed by atoms with van der Waals surface area (Å²) >= 11 is 0. The highest BCUT2D eigenvalue weighted by Gasteiger charge is 1.96. The van der Waals surface area contributed by atoms with E-state index in [9.17, 15) is 4.39 Å². The first kappa shape index (κ1) is 11.7. The maximum Gasteiger partial charge on any atom is 0.128 e. The molecule has 0 saturated heterocycles. The molecule has 0 aliphatic carbocycles. The Hall–Kier alpha value is -1.31. The third-order valence-corrected chi connectivity index (χ3v) is 1.39. The molecule has 0 aliphatic rings. The summed E-state index contributed by atoms with van der Waals surface area (Å²) in [5, 5.41) is 2.83. The van der Waals surface area contributed by atoms with Crippen molar-refractivity contribution in [2.24, 2.45) is 0 Å². The van der Waals surface area contributed by atoms with Crippen LogP contribution >= 0.6 is 0 Å². The summed E-state index contributed by atoms with van der Waals surface area (Å²) in [5.41, 5.74) is 0.660. The van der Waals surface area contributed by atoms with Gasteiger partial charge >= 0.3 is 0 Å². The standard InChI is InChI=1S/C9H10FN.C2H6/c1-2-11-7-8-5-3-4-6-9(8)10;1-2/h2-6,11H,1,7H2;1-2H3. The van der Waals surface area contributed by atoms with Gasteiger partial charge in [0, 0.05) is 12.1 Å². The number of hydrogen-bond donors (Lipinski definition) is 1. The lowest BCUT2D eigenvalue weighted by atomic mass is 10.2. The van der Waals surface area contributed by atoms with Crippen LogP contribution in [0, 0.1) is 5.82 Å². The van der Waals surface area contributed by atoms with Crippen LogP contribution in [0.3, 0.4) is 0 Å². The molecular weight excluding hydrogens is 165 g/mol. The van der Waals surface area contributed by atoms with Gasteiger partial charge in [-0.25, -0.2) is 4.39 Å². The SMILES string of the molecule is C=CNCc1ccccc1F.CC. The van der Waals surface area contributed by atoms with Crippen LogP contribution in [0.4, 0.5) is 4.39 Å². The Labute approximate surface area is 79.3 Å². The minimum absolute atomic E-state index is 0.179. The molecule has 1 aromatic rings. The van der Waals surface area contributed by atoms with Gasteiger partial charge < -0.3 is 5.32 Å². The van der Waals surface area contributed by atoms with Crippen LogP contribution in [-0.2, 0) is 6.54 Å². The molecule has 0 atom stereocenters. The van der Waals surface area contributed by atoms with Crippen molar-refractivity contribution in [3.63, 3.8) is 0 Å². The van der Waals surface area contributed by atoms with Gasteiger partial charge in [-0.15, -0.1) is 0 Å². The van der Waals surface area contributed by atoms with Gasteiger partial charge in [0.1, 0.15) is 5.82 Å². The zero-order valence-corrected chi connectivity index (χ0v) is 8.18. The second kappa shape index (κ2) is 7.35. The number of hydrogen-bond acceptors (Lipinski definition) is 1. The van der Waals surface area contributed by atoms with E-state index in [0.29, 0.717) is 12.1 Å². The highest BCUT2D eigenvalue weighted by Crippen LogP contribution is 2.04. The fraction of sp³-hybridized carbons (Fsp3) is 0.273. The molecule has 0 unspecified atom stereocenters. The Balaban J connectivity index is 0.000000671. The maximum absolute atomic E-state index is 12.8. The highest BCUT2D eigenvalue weighted by molar-refractivity contribution is 5.17. The van der Waals surface area contributed by atoms with Gasteiger partial charge in [0.15, 0.2) is 0 Å². The van der Waals surface area contributed by atoms with Crippen LogP contribution in [0.1, 0.15) is 19.4 Å². The molecule has 0 spiro atoms. The van der Waals surface area contributed by atoms with E-state index in [-0.39, 0.29) is 5.82 Å². The minimum Gasteiger partial charge on any atom is -0.387 e. The molecule has 0 heterocycles. The van der Waals surface area contributed by atoms with Crippen molar-refractivity contribution in [1.82, 2.24) is 5.32 Å². The lowest BCUT2D eigenvalue weighted by molar-refractivity contribution is 0.604. The Morgan fingerprint density at radius 2 is 2.00 bits per heavy atom. The molecule has 0 radical (unpaired) electrons. The summed E-state index contributed by atoms with van der Waals surface area (Å²) < 4.78 is 12.8. The van der Waals surface area contributed by atoms with Crippen molar-refractivity contribution in [1.29, 1.82) is 0 Å². The van der Waals surface area contributed by atoms with Crippen molar-refractivity contribution >= 4 is 0 Å². The fourth-order valence-corrected chi connectivity index (χ4v) is 0.824. The van der Waals surface area contributed by atoms with E-state index in [2.05, 4.69) is 11.9 Å². The second-order valence-electron chi connectivity index (χ2n) is 2.18. The van der Waals surface area contributed by atoms with Gasteiger partial charge in [0.2, 0.25) is 0 Å². The van der Waals surface area contributed by atoms with E-state index < -0.39 is 0 Å². The second-order valence-corrected chi connectivity index (χ2v) is 2.18. The van der Waals surface area contributed by atoms with Gasteiger partial charge in [-0.05, 0) is 12.3 Å². The summed E-state index contributed by atoms with van der Waals surface area (Å²) in [6.45, 7) is 7.97. The summed E-state index contributed by atoms with van der Waals surface area (Å²) in [5.74, 6) is -0.179. The average molecular weight is 181 g/mol. The molecule has 2 heteroatoms. The molecule has 0 bridgehead atoms. The first-order valence-electron chi connectivity index (χ1n) is 4.42. The Morgan fingerprint density at radius 1 is 1.38 bits per heavy atom. The quantitative estimate of drug-likeness (QED) is 0.755. The normalized spacial score (nSPS) is 8.23. The molecular formula is C11H16FN. The molecule has 1 aromatic carbocycles. The molecule has 0 aromatic heterocycles. The molecule has 1 rings (SSSR count). The van der Waals surface area contributed by atoms with Gasteiger partial charge in [0.05, 0.1) is 0 Å². The first-order valence-corrected chi connectivity index (χ1v) is 4.42. The lowest BCUT2D eigenvalue weighted by Gasteiger charge is -2.00. The van der Waals surface area contributed by atoms with Crippen molar-refractivity contribution in [3.05, 3.63) is 48.4 Å². The number of nitrogens with one attached hydrogen (secondary N) is 1. The zero-order chi connectivity index (χ0) is 10.1. The number of benzene rings is 1. The largest absolute Gasteiger partial charge is 0.387 e. The predicted octanol–water partition coefficient (Wildman–Crippen LogP) is 3.09. The molecule has 1 nitrogen and oxygen atoms in total. The first-order chi connectivity index (χ1) is 6.34. The van der Waals surface area contributed by atoms with Crippen LogP contribution in [0.15, 0.2) is 37.0 Å². The van der Waals surface area contributed by atoms with E-state index >= 15 is 0 Å². The van der Waals surface area contributed by atoms with E-state index in [4.69, 9.17) is 0 Å². The summed E-state index contributed by atoms with van der Waals surface area (Å²) in [6.07, 6.45) is 1.55.